The Hall–Kier alpha value is -8.13. The van der Waals surface area contributed by atoms with Gasteiger partial charge in [0, 0.05) is 16.3 Å². The van der Waals surface area contributed by atoms with Crippen molar-refractivity contribution in [1.82, 2.24) is 4.98 Å². The van der Waals surface area contributed by atoms with Gasteiger partial charge in [0.2, 0.25) is 0 Å². The van der Waals surface area contributed by atoms with Gasteiger partial charge in [0.15, 0.2) is 0 Å². The van der Waals surface area contributed by atoms with Crippen LogP contribution in [-0.2, 0) is 10.8 Å². The van der Waals surface area contributed by atoms with Crippen LogP contribution in [0.2, 0.25) is 0 Å². The van der Waals surface area contributed by atoms with Crippen molar-refractivity contribution in [2.75, 3.05) is 0 Å². The number of benzene rings is 10. The van der Waals surface area contributed by atoms with Gasteiger partial charge in [-0.3, -0.25) is 0 Å². The number of rotatable bonds is 2. The van der Waals surface area contributed by atoms with E-state index in [1.165, 1.54) is 116 Å². The molecule has 1 aromatic heterocycles. The molecular weight excluding hydrogens is 771 g/mol. The highest BCUT2D eigenvalue weighted by Gasteiger charge is 2.53. The van der Waals surface area contributed by atoms with Crippen molar-refractivity contribution in [2.24, 2.45) is 0 Å². The van der Waals surface area contributed by atoms with Gasteiger partial charge in [-0.25, -0.2) is 4.98 Å². The van der Waals surface area contributed by atoms with E-state index in [1.807, 2.05) is 0 Å². The molecule has 0 N–H and O–H groups in total. The quantitative estimate of drug-likeness (QED) is 0.159. The standard InChI is InChI=1S/C63H37N/c1-8-25-50-41(18-1)42-19-2-9-26-51(42)62(50)55-30-13-6-24-49(55)59-56(62)35-34-48-47-23-7-14-31-58(47)64-61(60(48)59)40-17-15-16-38(36-40)39-32-33-46-45-22-5-12-29-54(45)63(57(46)37-39)52-27-10-3-20-43(52)44-21-4-11-28-53(44)63/h1-37H. The van der Waals surface area contributed by atoms with Gasteiger partial charge in [-0.1, -0.05) is 206 Å². The van der Waals surface area contributed by atoms with E-state index in [0.717, 1.165) is 16.8 Å². The molecule has 0 amide bonds. The third-order valence-corrected chi connectivity index (χ3v) is 15.3. The Morgan fingerprint density at radius 2 is 0.703 bits per heavy atom. The fourth-order valence-corrected chi connectivity index (χ4v) is 13.0. The van der Waals surface area contributed by atoms with Crippen LogP contribution < -0.4 is 0 Å². The zero-order valence-electron chi connectivity index (χ0n) is 34.8. The minimum Gasteiger partial charge on any atom is -0.247 e. The second kappa shape index (κ2) is 12.3. The lowest BCUT2D eigenvalue weighted by Crippen LogP contribution is -2.25. The maximum absolute atomic E-state index is 5.66. The number of para-hydroxylation sites is 1. The molecule has 15 rings (SSSR count). The van der Waals surface area contributed by atoms with E-state index < -0.39 is 10.8 Å². The molecule has 0 aliphatic heterocycles. The van der Waals surface area contributed by atoms with E-state index in [0.29, 0.717) is 0 Å². The molecule has 294 valence electrons. The summed E-state index contributed by atoms with van der Waals surface area (Å²) in [6.45, 7) is 0. The van der Waals surface area contributed by atoms with Crippen LogP contribution in [0.5, 0.6) is 0 Å². The van der Waals surface area contributed by atoms with Gasteiger partial charge >= 0.3 is 0 Å². The molecule has 11 aromatic rings. The van der Waals surface area contributed by atoms with E-state index in [9.17, 15) is 0 Å². The van der Waals surface area contributed by atoms with E-state index >= 15 is 0 Å². The fraction of sp³-hybridized carbons (Fsp3) is 0.0317. The maximum Gasteiger partial charge on any atom is 0.0794 e. The molecule has 0 bridgehead atoms. The van der Waals surface area contributed by atoms with Gasteiger partial charge in [-0.05, 0) is 124 Å². The van der Waals surface area contributed by atoms with Crippen LogP contribution in [0, 0.1) is 0 Å². The van der Waals surface area contributed by atoms with E-state index in [4.69, 9.17) is 4.98 Å². The first-order valence-electron chi connectivity index (χ1n) is 22.5. The number of aromatic nitrogens is 1. The summed E-state index contributed by atoms with van der Waals surface area (Å²) in [6.07, 6.45) is 0. The van der Waals surface area contributed by atoms with E-state index in [1.54, 1.807) is 0 Å². The monoisotopic (exact) mass is 807 g/mol. The summed E-state index contributed by atoms with van der Waals surface area (Å²) in [6, 6.07) is 84.3. The Bertz CT molecular complexity index is 3760. The zero-order chi connectivity index (χ0) is 41.7. The number of hydrogen-bond acceptors (Lipinski definition) is 1. The Morgan fingerprint density at radius 1 is 0.266 bits per heavy atom. The highest BCUT2D eigenvalue weighted by molar-refractivity contribution is 6.19. The molecule has 0 fully saturated rings. The summed E-state index contributed by atoms with van der Waals surface area (Å²) in [5.41, 5.74) is 25.9. The Morgan fingerprint density at radius 3 is 1.28 bits per heavy atom. The summed E-state index contributed by atoms with van der Waals surface area (Å²) in [5, 5.41) is 3.61. The molecule has 64 heavy (non-hydrogen) atoms. The number of fused-ring (bicyclic) bond motifs is 24. The summed E-state index contributed by atoms with van der Waals surface area (Å²) in [4.78, 5) is 5.66. The van der Waals surface area contributed by atoms with Crippen LogP contribution in [0.15, 0.2) is 224 Å². The molecule has 4 aliphatic rings. The molecule has 1 heteroatoms. The Balaban J connectivity index is 0.987. The zero-order valence-corrected chi connectivity index (χ0v) is 34.8. The van der Waals surface area contributed by atoms with Gasteiger partial charge in [0.05, 0.1) is 22.0 Å². The van der Waals surface area contributed by atoms with Gasteiger partial charge in [-0.2, -0.15) is 0 Å². The molecule has 0 unspecified atom stereocenters. The second-order valence-electron chi connectivity index (χ2n) is 18.0. The Labute approximate surface area is 371 Å². The lowest BCUT2D eigenvalue weighted by molar-refractivity contribution is 0.794. The predicted molar refractivity (Wildman–Crippen MR) is 263 cm³/mol. The van der Waals surface area contributed by atoms with Crippen LogP contribution in [0.1, 0.15) is 44.5 Å². The van der Waals surface area contributed by atoms with Crippen molar-refractivity contribution in [2.45, 2.75) is 10.8 Å². The van der Waals surface area contributed by atoms with Crippen molar-refractivity contribution in [3.05, 3.63) is 269 Å². The van der Waals surface area contributed by atoms with Gasteiger partial charge in [-0.15, -0.1) is 0 Å². The topological polar surface area (TPSA) is 12.9 Å². The summed E-state index contributed by atoms with van der Waals surface area (Å²) >= 11 is 0. The molecule has 0 saturated carbocycles. The first-order valence-corrected chi connectivity index (χ1v) is 22.5. The van der Waals surface area contributed by atoms with E-state index in [-0.39, 0.29) is 0 Å². The van der Waals surface area contributed by atoms with Crippen LogP contribution in [-0.4, -0.2) is 4.98 Å². The predicted octanol–water partition coefficient (Wildman–Crippen LogP) is 15.4. The molecule has 2 spiro atoms. The van der Waals surface area contributed by atoms with Gasteiger partial charge in [0.1, 0.15) is 0 Å². The summed E-state index contributed by atoms with van der Waals surface area (Å²) in [5.74, 6) is 0. The maximum atomic E-state index is 5.66. The fourth-order valence-electron chi connectivity index (χ4n) is 13.0. The van der Waals surface area contributed by atoms with Crippen molar-refractivity contribution in [3.63, 3.8) is 0 Å². The Kier molecular flexibility index (Phi) is 6.61. The smallest absolute Gasteiger partial charge is 0.0794 e. The lowest BCUT2D eigenvalue weighted by atomic mass is 9.70. The molecule has 1 heterocycles. The highest BCUT2D eigenvalue weighted by Crippen LogP contribution is 2.65. The van der Waals surface area contributed by atoms with Gasteiger partial charge in [0.25, 0.3) is 0 Å². The minimum absolute atomic E-state index is 0.399. The summed E-state index contributed by atoms with van der Waals surface area (Å²) < 4.78 is 0. The average Bonchev–Trinajstić information content (AvgIpc) is 4.05. The molecule has 4 aliphatic carbocycles. The van der Waals surface area contributed by atoms with Crippen LogP contribution >= 0.6 is 0 Å². The van der Waals surface area contributed by atoms with Crippen molar-refractivity contribution >= 4 is 21.7 Å². The van der Waals surface area contributed by atoms with Crippen LogP contribution in [0.4, 0.5) is 0 Å². The third kappa shape index (κ3) is 4.05. The average molecular weight is 808 g/mol. The first kappa shape index (κ1) is 34.5. The molecule has 0 atom stereocenters. The van der Waals surface area contributed by atoms with Gasteiger partial charge < -0.3 is 0 Å². The third-order valence-electron chi connectivity index (χ3n) is 15.3. The molecule has 10 aromatic carbocycles. The van der Waals surface area contributed by atoms with E-state index in [2.05, 4.69) is 224 Å². The van der Waals surface area contributed by atoms with Crippen LogP contribution in [0.3, 0.4) is 0 Å². The SMILES string of the molecule is c1cc(-c2ccc3c(c2)C2(c4ccccc4-c4ccccc42)c2ccccc2-3)cc(-c2nc3ccccc3c3ccc4c(c23)-c2ccccc2C42c3ccccc3-c3ccccc32)c1. The normalized spacial score (nSPS) is 14.5. The lowest BCUT2D eigenvalue weighted by Gasteiger charge is -2.30. The molecular formula is C63H37N. The number of hydrogen-bond donors (Lipinski definition) is 0. The number of nitrogens with zero attached hydrogens (tertiary/aromatic N) is 1. The second-order valence-corrected chi connectivity index (χ2v) is 18.0. The molecule has 0 saturated heterocycles. The largest absolute Gasteiger partial charge is 0.247 e. The number of pyridine rings is 1. The van der Waals surface area contributed by atoms with Crippen molar-refractivity contribution in [1.29, 1.82) is 0 Å². The minimum atomic E-state index is -0.437. The van der Waals surface area contributed by atoms with Crippen molar-refractivity contribution in [3.8, 4) is 66.9 Å². The highest BCUT2D eigenvalue weighted by atomic mass is 14.7. The van der Waals surface area contributed by atoms with Crippen molar-refractivity contribution < 1.29 is 0 Å². The first-order chi connectivity index (χ1) is 31.8. The molecule has 0 radical (unpaired) electrons. The summed E-state index contributed by atoms with van der Waals surface area (Å²) in [7, 11) is 0. The molecule has 1 nitrogen and oxygen atoms in total. The van der Waals surface area contributed by atoms with Crippen LogP contribution in [0.25, 0.3) is 88.6 Å².